The Morgan fingerprint density at radius 3 is 3.00 bits per heavy atom. The minimum absolute atomic E-state index is 0.00132. The number of nitrogens with one attached hydrogen (secondary N) is 1. The number of aromatic nitrogens is 1. The number of nitrogens with zero attached hydrogens (tertiary/aromatic N) is 1. The molecule has 1 aliphatic heterocycles. The quantitative estimate of drug-likeness (QED) is 0.824. The molecule has 1 aliphatic rings. The highest BCUT2D eigenvalue weighted by Crippen LogP contribution is 2.21. The molecule has 4 nitrogen and oxygen atoms in total. The van der Waals surface area contributed by atoms with E-state index in [0.717, 1.165) is 61.1 Å². The average molecular weight is 326 g/mol. The molecule has 0 spiro atoms. The van der Waals surface area contributed by atoms with Crippen LogP contribution in [0.1, 0.15) is 47.8 Å². The van der Waals surface area contributed by atoms with E-state index in [9.17, 15) is 4.79 Å². The van der Waals surface area contributed by atoms with Crippen molar-refractivity contribution in [2.24, 2.45) is 5.92 Å². The first-order chi connectivity index (χ1) is 11.7. The van der Waals surface area contributed by atoms with Gasteiger partial charge in [-0.3, -0.25) is 9.78 Å². The summed E-state index contributed by atoms with van der Waals surface area (Å²) in [6, 6.07) is 8.08. The maximum atomic E-state index is 12.6. The van der Waals surface area contributed by atoms with Crippen LogP contribution in [0, 0.1) is 12.8 Å². The van der Waals surface area contributed by atoms with E-state index in [1.54, 1.807) is 0 Å². The molecule has 0 saturated carbocycles. The third-order valence-electron chi connectivity index (χ3n) is 4.75. The van der Waals surface area contributed by atoms with Crippen molar-refractivity contribution >= 4 is 16.8 Å². The van der Waals surface area contributed by atoms with Crippen molar-refractivity contribution < 1.29 is 9.53 Å². The number of hydrogen-bond donors (Lipinski definition) is 1. The van der Waals surface area contributed by atoms with E-state index in [1.807, 2.05) is 19.1 Å². The van der Waals surface area contributed by atoms with Crippen molar-refractivity contribution in [1.29, 1.82) is 0 Å². The molecule has 2 heterocycles. The predicted molar refractivity (Wildman–Crippen MR) is 96.4 cm³/mol. The van der Waals surface area contributed by atoms with Gasteiger partial charge in [0.1, 0.15) is 0 Å². The molecule has 24 heavy (non-hydrogen) atoms. The largest absolute Gasteiger partial charge is 0.381 e. The van der Waals surface area contributed by atoms with E-state index in [4.69, 9.17) is 4.74 Å². The first-order valence-electron chi connectivity index (χ1n) is 8.93. The van der Waals surface area contributed by atoms with Gasteiger partial charge in [0, 0.05) is 30.8 Å². The van der Waals surface area contributed by atoms with Crippen molar-refractivity contribution in [2.75, 3.05) is 19.8 Å². The highest BCUT2D eigenvalue weighted by Gasteiger charge is 2.16. The fourth-order valence-corrected chi connectivity index (χ4v) is 3.31. The molecule has 1 N–H and O–H groups in total. The van der Waals surface area contributed by atoms with Gasteiger partial charge < -0.3 is 10.1 Å². The molecule has 1 unspecified atom stereocenters. The second kappa shape index (κ2) is 7.75. The van der Waals surface area contributed by atoms with Crippen molar-refractivity contribution in [3.63, 3.8) is 0 Å². The van der Waals surface area contributed by atoms with Gasteiger partial charge in [-0.1, -0.05) is 13.0 Å². The Morgan fingerprint density at radius 1 is 1.38 bits per heavy atom. The second-order valence-corrected chi connectivity index (χ2v) is 6.64. The Bertz CT molecular complexity index is 721. The normalized spacial score (nSPS) is 17.3. The van der Waals surface area contributed by atoms with Gasteiger partial charge in [-0.15, -0.1) is 0 Å². The summed E-state index contributed by atoms with van der Waals surface area (Å²) < 4.78 is 5.39. The summed E-state index contributed by atoms with van der Waals surface area (Å²) in [5.41, 5.74) is 3.72. The standard InChI is InChI=1S/C20H26N2O2/c1-3-15-6-7-19-17(12-15)18(11-14(2)22-19)20(23)21-9-4-5-16-8-10-24-13-16/h6-7,11-12,16H,3-5,8-10,13H2,1-2H3,(H,21,23). The summed E-state index contributed by atoms with van der Waals surface area (Å²) in [6.07, 6.45) is 4.23. The maximum Gasteiger partial charge on any atom is 0.252 e. The third-order valence-corrected chi connectivity index (χ3v) is 4.75. The molecule has 128 valence electrons. The number of rotatable bonds is 6. The van der Waals surface area contributed by atoms with E-state index >= 15 is 0 Å². The molecule has 1 aromatic heterocycles. The molecule has 4 heteroatoms. The number of benzene rings is 1. The summed E-state index contributed by atoms with van der Waals surface area (Å²) in [6.45, 7) is 6.53. The molecule has 3 rings (SSSR count). The molecule has 0 aliphatic carbocycles. The van der Waals surface area contributed by atoms with Crippen molar-refractivity contribution in [2.45, 2.75) is 39.5 Å². The zero-order valence-electron chi connectivity index (χ0n) is 14.6. The average Bonchev–Trinajstić information content (AvgIpc) is 3.10. The van der Waals surface area contributed by atoms with Crippen LogP contribution >= 0.6 is 0 Å². The van der Waals surface area contributed by atoms with Gasteiger partial charge in [-0.25, -0.2) is 0 Å². The van der Waals surface area contributed by atoms with Crippen LogP contribution in [0.4, 0.5) is 0 Å². The maximum absolute atomic E-state index is 12.6. The lowest BCUT2D eigenvalue weighted by Crippen LogP contribution is -2.25. The molecule has 1 atom stereocenters. The van der Waals surface area contributed by atoms with Crippen LogP contribution in [0.5, 0.6) is 0 Å². The van der Waals surface area contributed by atoms with Gasteiger partial charge in [-0.05, 0) is 62.3 Å². The lowest BCUT2D eigenvalue weighted by Gasteiger charge is -2.11. The Labute approximate surface area is 143 Å². The summed E-state index contributed by atoms with van der Waals surface area (Å²) in [7, 11) is 0. The number of ether oxygens (including phenoxy) is 1. The number of hydrogen-bond acceptors (Lipinski definition) is 3. The zero-order chi connectivity index (χ0) is 16.9. The predicted octanol–water partition coefficient (Wildman–Crippen LogP) is 3.65. The number of carbonyl (C=O) groups excluding carboxylic acids is 1. The minimum atomic E-state index is 0.00132. The first kappa shape index (κ1) is 16.9. The number of amides is 1. The smallest absolute Gasteiger partial charge is 0.252 e. The summed E-state index contributed by atoms with van der Waals surface area (Å²) in [4.78, 5) is 17.2. The van der Waals surface area contributed by atoms with Gasteiger partial charge in [0.05, 0.1) is 11.1 Å². The molecule has 1 aromatic carbocycles. The zero-order valence-corrected chi connectivity index (χ0v) is 14.6. The van der Waals surface area contributed by atoms with Crippen molar-refractivity contribution in [1.82, 2.24) is 10.3 Å². The Hall–Kier alpha value is -1.94. The van der Waals surface area contributed by atoms with Crippen LogP contribution in [0.3, 0.4) is 0 Å². The van der Waals surface area contributed by atoms with Gasteiger partial charge in [0.25, 0.3) is 5.91 Å². The Balaban J connectivity index is 1.68. The van der Waals surface area contributed by atoms with Crippen molar-refractivity contribution in [3.05, 3.63) is 41.1 Å². The van der Waals surface area contributed by atoms with Crippen molar-refractivity contribution in [3.8, 4) is 0 Å². The van der Waals surface area contributed by atoms with Crippen LogP contribution in [0.15, 0.2) is 24.3 Å². The molecular weight excluding hydrogens is 300 g/mol. The number of pyridine rings is 1. The van der Waals surface area contributed by atoms with E-state index in [1.165, 1.54) is 5.56 Å². The molecular formula is C20H26N2O2. The molecule has 0 radical (unpaired) electrons. The number of aryl methyl sites for hydroxylation is 2. The molecule has 2 aromatic rings. The highest BCUT2D eigenvalue weighted by atomic mass is 16.5. The fourth-order valence-electron chi connectivity index (χ4n) is 3.31. The van der Waals surface area contributed by atoms with Crippen LogP contribution in [-0.4, -0.2) is 30.6 Å². The fraction of sp³-hybridized carbons (Fsp3) is 0.500. The number of carbonyl (C=O) groups is 1. The molecule has 1 amide bonds. The summed E-state index contributed by atoms with van der Waals surface area (Å²) in [5, 5.41) is 4.02. The second-order valence-electron chi connectivity index (χ2n) is 6.64. The summed E-state index contributed by atoms with van der Waals surface area (Å²) in [5.74, 6) is 0.666. The highest BCUT2D eigenvalue weighted by molar-refractivity contribution is 6.06. The van der Waals surface area contributed by atoms with E-state index in [0.29, 0.717) is 12.5 Å². The Morgan fingerprint density at radius 2 is 2.25 bits per heavy atom. The molecule has 1 fully saturated rings. The van der Waals surface area contributed by atoms with Gasteiger partial charge >= 0.3 is 0 Å². The third kappa shape index (κ3) is 3.93. The summed E-state index contributed by atoms with van der Waals surface area (Å²) >= 11 is 0. The van der Waals surface area contributed by atoms with E-state index in [-0.39, 0.29) is 5.91 Å². The Kier molecular flexibility index (Phi) is 5.46. The van der Waals surface area contributed by atoms with Crippen LogP contribution in [0.2, 0.25) is 0 Å². The van der Waals surface area contributed by atoms with E-state index in [2.05, 4.69) is 29.4 Å². The first-order valence-corrected chi connectivity index (χ1v) is 8.93. The molecule has 0 bridgehead atoms. The lowest BCUT2D eigenvalue weighted by atomic mass is 10.0. The molecule has 1 saturated heterocycles. The minimum Gasteiger partial charge on any atom is -0.381 e. The SMILES string of the molecule is CCc1ccc2nc(C)cc(C(=O)NCCCC3CCOC3)c2c1. The van der Waals surface area contributed by atoms with Crippen LogP contribution < -0.4 is 5.32 Å². The lowest BCUT2D eigenvalue weighted by molar-refractivity contribution is 0.0954. The van der Waals surface area contributed by atoms with Gasteiger partial charge in [-0.2, -0.15) is 0 Å². The number of fused-ring (bicyclic) bond motifs is 1. The van der Waals surface area contributed by atoms with Crippen LogP contribution in [0.25, 0.3) is 10.9 Å². The van der Waals surface area contributed by atoms with Crippen LogP contribution in [-0.2, 0) is 11.2 Å². The van der Waals surface area contributed by atoms with Gasteiger partial charge in [0.15, 0.2) is 0 Å². The van der Waals surface area contributed by atoms with E-state index < -0.39 is 0 Å². The monoisotopic (exact) mass is 326 g/mol. The van der Waals surface area contributed by atoms with Gasteiger partial charge in [0.2, 0.25) is 0 Å². The topological polar surface area (TPSA) is 51.2 Å².